The Hall–Kier alpha value is -1.04. The van der Waals surface area contributed by atoms with Gasteiger partial charge in [0.25, 0.3) is 5.91 Å². The number of hydrogen-bond donors (Lipinski definition) is 1. The Labute approximate surface area is 34.6 Å². The van der Waals surface area contributed by atoms with Crippen LogP contribution in [0.4, 0.5) is 0 Å². The highest BCUT2D eigenvalue weighted by Gasteiger charge is 2.32. The van der Waals surface area contributed by atoms with E-state index in [0.29, 0.717) is 0 Å². The normalized spacial score (nSPS) is 27.8. The molecule has 0 aliphatic carbocycles. The van der Waals surface area contributed by atoms with E-state index >= 15 is 0 Å². The Morgan fingerprint density at radius 1 is 2.00 bits per heavy atom. The summed E-state index contributed by atoms with van der Waals surface area (Å²) in [5, 5.41) is 10.1. The molecule has 1 N–H and O–H groups in total. The molecule has 1 atom stereocenters. The molecule has 0 aromatic heterocycles. The summed E-state index contributed by atoms with van der Waals surface area (Å²) in [6.45, 7) is 0. The Bertz CT molecular complexity index is 123. The van der Waals surface area contributed by atoms with E-state index < -0.39 is 6.04 Å². The minimum absolute atomic E-state index is 0.155. The van der Waals surface area contributed by atoms with Gasteiger partial charge >= 0.3 is 0 Å². The van der Waals surface area contributed by atoms with E-state index in [9.17, 15) is 4.79 Å². The van der Waals surface area contributed by atoms with Crippen LogP contribution in [0.25, 0.3) is 0 Å². The van der Waals surface area contributed by atoms with Crippen molar-refractivity contribution in [3.63, 3.8) is 0 Å². The molecule has 1 aliphatic rings. The van der Waals surface area contributed by atoms with Crippen molar-refractivity contribution in [1.82, 2.24) is 5.32 Å². The zero-order chi connectivity index (χ0) is 4.57. The standard InChI is InChI=1S/C3H2N2O/c4-1-2-3(6)5-2/h2H,(H,5,6). The molecule has 0 radical (unpaired) electrons. The quantitative estimate of drug-likeness (QED) is 0.381. The van der Waals surface area contributed by atoms with Crippen LogP contribution in [0.1, 0.15) is 0 Å². The summed E-state index contributed by atoms with van der Waals surface area (Å²) >= 11 is 0. The summed E-state index contributed by atoms with van der Waals surface area (Å²) in [6.07, 6.45) is 0. The number of carbonyl (C=O) groups is 1. The third-order valence-electron chi connectivity index (χ3n) is 0.595. The molecule has 0 spiro atoms. The van der Waals surface area contributed by atoms with Gasteiger partial charge in [0, 0.05) is 0 Å². The highest BCUT2D eigenvalue weighted by atomic mass is 16.2. The smallest absolute Gasteiger partial charge is 0.258 e. The zero-order valence-corrected chi connectivity index (χ0v) is 2.93. The topological polar surface area (TPSA) is 62.8 Å². The van der Waals surface area contributed by atoms with Crippen LogP contribution in [0.2, 0.25) is 0 Å². The largest absolute Gasteiger partial charge is 0.330 e. The second kappa shape index (κ2) is 0.716. The molecule has 1 rings (SSSR count). The fourth-order valence-electron chi connectivity index (χ4n) is 0.191. The summed E-state index contributed by atoms with van der Waals surface area (Å²) in [5.74, 6) is -0.155. The number of nitrogens with zero attached hydrogens (tertiary/aromatic N) is 1. The summed E-state index contributed by atoms with van der Waals surface area (Å²) in [7, 11) is 0. The minimum atomic E-state index is -0.481. The van der Waals surface area contributed by atoms with Gasteiger partial charge in [-0.3, -0.25) is 4.79 Å². The molecule has 1 aliphatic heterocycles. The number of amides is 1. The van der Waals surface area contributed by atoms with Gasteiger partial charge in [0.15, 0.2) is 6.04 Å². The second-order valence-corrected chi connectivity index (χ2v) is 1.07. The predicted octanol–water partition coefficient (Wildman–Crippen LogP) is -0.992. The zero-order valence-electron chi connectivity index (χ0n) is 2.93. The molecule has 1 amide bonds. The fourth-order valence-corrected chi connectivity index (χ4v) is 0.191. The maximum atomic E-state index is 9.78. The van der Waals surface area contributed by atoms with Crippen LogP contribution in [0, 0.1) is 11.3 Å². The van der Waals surface area contributed by atoms with Crippen molar-refractivity contribution >= 4 is 5.91 Å². The van der Waals surface area contributed by atoms with E-state index in [1.807, 2.05) is 0 Å². The first-order valence-corrected chi connectivity index (χ1v) is 1.54. The van der Waals surface area contributed by atoms with E-state index in [1.54, 1.807) is 6.07 Å². The number of carbonyl (C=O) groups excluding carboxylic acids is 1. The summed E-state index contributed by atoms with van der Waals surface area (Å²) in [5.41, 5.74) is 0. The second-order valence-electron chi connectivity index (χ2n) is 1.07. The summed E-state index contributed by atoms with van der Waals surface area (Å²) in [4.78, 5) is 9.78. The molecule has 0 saturated carbocycles. The lowest BCUT2D eigenvalue weighted by atomic mass is 10.5. The van der Waals surface area contributed by atoms with Crippen molar-refractivity contribution in [3.8, 4) is 6.07 Å². The van der Waals surface area contributed by atoms with Gasteiger partial charge in [-0.2, -0.15) is 5.26 Å². The Morgan fingerprint density at radius 3 is 2.50 bits per heavy atom. The molecule has 3 heteroatoms. The first kappa shape index (κ1) is 3.16. The lowest BCUT2D eigenvalue weighted by Crippen LogP contribution is -1.78. The van der Waals surface area contributed by atoms with Crippen molar-refractivity contribution in [1.29, 1.82) is 5.26 Å². The van der Waals surface area contributed by atoms with Crippen molar-refractivity contribution in [2.24, 2.45) is 0 Å². The van der Waals surface area contributed by atoms with Crippen LogP contribution in [0.5, 0.6) is 0 Å². The lowest BCUT2D eigenvalue weighted by molar-refractivity contribution is -0.110. The van der Waals surface area contributed by atoms with Gasteiger partial charge < -0.3 is 5.32 Å². The van der Waals surface area contributed by atoms with Crippen molar-refractivity contribution < 1.29 is 4.79 Å². The third-order valence-corrected chi connectivity index (χ3v) is 0.595. The number of nitrogens with one attached hydrogen (secondary N) is 1. The van der Waals surface area contributed by atoms with Crippen molar-refractivity contribution in [3.05, 3.63) is 0 Å². The minimum Gasteiger partial charge on any atom is -0.330 e. The van der Waals surface area contributed by atoms with Gasteiger partial charge in [-0.1, -0.05) is 0 Å². The van der Waals surface area contributed by atoms with Gasteiger partial charge in [0.1, 0.15) is 0 Å². The molecule has 3 nitrogen and oxygen atoms in total. The maximum Gasteiger partial charge on any atom is 0.258 e. The highest BCUT2D eigenvalue weighted by molar-refractivity contribution is 5.99. The molecule has 0 bridgehead atoms. The van der Waals surface area contributed by atoms with Crippen LogP contribution in [0.15, 0.2) is 0 Å². The molecule has 6 heavy (non-hydrogen) atoms. The Balaban J connectivity index is 2.51. The van der Waals surface area contributed by atoms with Crippen molar-refractivity contribution in [2.45, 2.75) is 6.04 Å². The first-order valence-electron chi connectivity index (χ1n) is 1.54. The molecule has 1 heterocycles. The number of nitriles is 1. The highest BCUT2D eigenvalue weighted by Crippen LogP contribution is 1.94. The van der Waals surface area contributed by atoms with Crippen LogP contribution in [0.3, 0.4) is 0 Å². The molecule has 1 saturated heterocycles. The van der Waals surface area contributed by atoms with E-state index in [-0.39, 0.29) is 5.91 Å². The lowest BCUT2D eigenvalue weighted by Gasteiger charge is -1.47. The molecular weight excluding hydrogens is 80.0 g/mol. The molecule has 1 unspecified atom stereocenters. The van der Waals surface area contributed by atoms with E-state index in [4.69, 9.17) is 5.26 Å². The van der Waals surface area contributed by atoms with Gasteiger partial charge in [-0.25, -0.2) is 0 Å². The van der Waals surface area contributed by atoms with Crippen LogP contribution < -0.4 is 5.32 Å². The number of hydrogen-bond acceptors (Lipinski definition) is 2. The molecule has 0 aromatic rings. The van der Waals surface area contributed by atoms with Crippen LogP contribution >= 0.6 is 0 Å². The van der Waals surface area contributed by atoms with Crippen molar-refractivity contribution in [2.75, 3.05) is 0 Å². The van der Waals surface area contributed by atoms with Gasteiger partial charge in [-0.05, 0) is 0 Å². The Morgan fingerprint density at radius 2 is 2.50 bits per heavy atom. The average molecular weight is 82.1 g/mol. The molecule has 30 valence electrons. The summed E-state index contributed by atoms with van der Waals surface area (Å²) in [6, 6.07) is 1.25. The maximum absolute atomic E-state index is 9.78. The van der Waals surface area contributed by atoms with Crippen LogP contribution in [-0.2, 0) is 4.79 Å². The van der Waals surface area contributed by atoms with E-state index in [0.717, 1.165) is 0 Å². The SMILES string of the molecule is N#CC1NC1=O. The summed E-state index contributed by atoms with van der Waals surface area (Å²) < 4.78 is 0. The molecule has 0 aromatic carbocycles. The monoisotopic (exact) mass is 82.0 g/mol. The molecular formula is C3H2N2O. The predicted molar refractivity (Wildman–Crippen MR) is 17.5 cm³/mol. The van der Waals surface area contributed by atoms with Crippen LogP contribution in [-0.4, -0.2) is 11.9 Å². The molecule has 1 fully saturated rings. The van der Waals surface area contributed by atoms with Gasteiger partial charge in [0.05, 0.1) is 6.07 Å². The van der Waals surface area contributed by atoms with E-state index in [2.05, 4.69) is 5.32 Å². The van der Waals surface area contributed by atoms with Gasteiger partial charge in [-0.15, -0.1) is 0 Å². The fraction of sp³-hybridized carbons (Fsp3) is 0.333. The van der Waals surface area contributed by atoms with Gasteiger partial charge in [0.2, 0.25) is 0 Å². The van der Waals surface area contributed by atoms with E-state index in [1.165, 1.54) is 0 Å². The average Bonchev–Trinajstić information content (AvgIpc) is 2.19. The number of rotatable bonds is 0. The first-order chi connectivity index (χ1) is 2.84. The Kier molecular flexibility index (Phi) is 0.377. The third kappa shape index (κ3) is 0.235.